The van der Waals surface area contributed by atoms with Crippen LogP contribution in [0.25, 0.3) is 0 Å². The Labute approximate surface area is 106 Å². The Bertz CT molecular complexity index is 393. The lowest BCUT2D eigenvalue weighted by Crippen LogP contribution is -2.37. The van der Waals surface area contributed by atoms with Crippen LogP contribution in [0.1, 0.15) is 32.3 Å². The summed E-state index contributed by atoms with van der Waals surface area (Å²) in [6.07, 6.45) is 4.17. The lowest BCUT2D eigenvalue weighted by molar-refractivity contribution is 0.166. The Hall–Kier alpha value is -0.380. The van der Waals surface area contributed by atoms with Crippen LogP contribution in [0.15, 0.2) is 6.20 Å². The van der Waals surface area contributed by atoms with Crippen molar-refractivity contribution in [3.8, 4) is 0 Å². The summed E-state index contributed by atoms with van der Waals surface area (Å²) < 4.78 is 0. The first-order valence-electron chi connectivity index (χ1n) is 5.41. The van der Waals surface area contributed by atoms with E-state index in [1.165, 1.54) is 12.8 Å². The Morgan fingerprint density at radius 3 is 2.75 bits per heavy atom. The monoisotopic (exact) mass is 259 g/mol. The van der Waals surface area contributed by atoms with Crippen LogP contribution in [0.3, 0.4) is 0 Å². The molecule has 2 rings (SSSR count). The molecule has 5 heteroatoms. The van der Waals surface area contributed by atoms with E-state index in [1.54, 1.807) is 6.20 Å². The van der Waals surface area contributed by atoms with Crippen molar-refractivity contribution in [2.75, 3.05) is 6.54 Å². The van der Waals surface area contributed by atoms with Gasteiger partial charge in [0.1, 0.15) is 5.15 Å². The molecule has 1 aliphatic rings. The molecule has 0 saturated carbocycles. The Morgan fingerprint density at radius 1 is 1.44 bits per heavy atom. The molecule has 0 amide bonds. The van der Waals surface area contributed by atoms with Gasteiger partial charge in [-0.1, -0.05) is 11.6 Å². The standard InChI is InChI=1S/C11H15Cl2N3/c1-11(2)4-3-5-16(11)7-8-6-14-10(13)15-9(8)12/h6H,3-5,7H2,1-2H3. The van der Waals surface area contributed by atoms with Gasteiger partial charge in [0.2, 0.25) is 5.28 Å². The second-order valence-electron chi connectivity index (χ2n) is 4.79. The van der Waals surface area contributed by atoms with E-state index in [2.05, 4.69) is 28.7 Å². The molecular weight excluding hydrogens is 245 g/mol. The minimum Gasteiger partial charge on any atom is -0.294 e. The van der Waals surface area contributed by atoms with E-state index in [9.17, 15) is 0 Å². The second-order valence-corrected chi connectivity index (χ2v) is 5.49. The first-order chi connectivity index (χ1) is 7.49. The lowest BCUT2D eigenvalue weighted by Gasteiger charge is -2.31. The molecule has 16 heavy (non-hydrogen) atoms. The second kappa shape index (κ2) is 4.47. The molecule has 0 N–H and O–H groups in total. The molecular formula is C11H15Cl2N3. The van der Waals surface area contributed by atoms with Gasteiger partial charge in [0.25, 0.3) is 0 Å². The Morgan fingerprint density at radius 2 is 2.19 bits per heavy atom. The van der Waals surface area contributed by atoms with Crippen molar-refractivity contribution in [3.63, 3.8) is 0 Å². The smallest absolute Gasteiger partial charge is 0.223 e. The zero-order valence-electron chi connectivity index (χ0n) is 9.50. The minimum absolute atomic E-state index is 0.203. The van der Waals surface area contributed by atoms with E-state index in [1.807, 2.05) is 0 Å². The fourth-order valence-corrected chi connectivity index (χ4v) is 2.50. The van der Waals surface area contributed by atoms with E-state index in [4.69, 9.17) is 23.2 Å². The fraction of sp³-hybridized carbons (Fsp3) is 0.636. The highest BCUT2D eigenvalue weighted by Gasteiger charge is 2.32. The van der Waals surface area contributed by atoms with Gasteiger partial charge in [-0.05, 0) is 44.8 Å². The zero-order chi connectivity index (χ0) is 11.8. The molecule has 1 aromatic rings. The van der Waals surface area contributed by atoms with Crippen LogP contribution in [0.5, 0.6) is 0 Å². The van der Waals surface area contributed by atoms with Gasteiger partial charge in [0.15, 0.2) is 0 Å². The van der Waals surface area contributed by atoms with Gasteiger partial charge in [-0.3, -0.25) is 4.90 Å². The van der Waals surface area contributed by atoms with Gasteiger partial charge in [-0.15, -0.1) is 0 Å². The number of hydrogen-bond donors (Lipinski definition) is 0. The van der Waals surface area contributed by atoms with E-state index in [0.29, 0.717) is 5.15 Å². The highest BCUT2D eigenvalue weighted by Crippen LogP contribution is 2.30. The zero-order valence-corrected chi connectivity index (χ0v) is 11.0. The van der Waals surface area contributed by atoms with Crippen LogP contribution in [0.4, 0.5) is 0 Å². The van der Waals surface area contributed by atoms with Crippen molar-refractivity contribution in [2.24, 2.45) is 0 Å². The van der Waals surface area contributed by atoms with Gasteiger partial charge in [-0.2, -0.15) is 0 Å². The summed E-state index contributed by atoms with van der Waals surface area (Å²) in [6, 6.07) is 0. The third-order valence-electron chi connectivity index (χ3n) is 3.22. The molecule has 1 aromatic heterocycles. The third kappa shape index (κ3) is 2.47. The van der Waals surface area contributed by atoms with Crippen LogP contribution in [0.2, 0.25) is 10.4 Å². The lowest BCUT2D eigenvalue weighted by atomic mass is 10.0. The maximum atomic E-state index is 6.04. The van der Waals surface area contributed by atoms with Crippen molar-refractivity contribution in [1.82, 2.24) is 14.9 Å². The molecule has 0 radical (unpaired) electrons. The maximum absolute atomic E-state index is 6.04. The number of rotatable bonds is 2. The van der Waals surface area contributed by atoms with Crippen LogP contribution in [-0.4, -0.2) is 27.0 Å². The molecule has 1 fully saturated rings. The number of halogens is 2. The number of aromatic nitrogens is 2. The fourth-order valence-electron chi connectivity index (χ4n) is 2.13. The molecule has 0 bridgehead atoms. The highest BCUT2D eigenvalue weighted by atomic mass is 35.5. The molecule has 1 aliphatic heterocycles. The summed E-state index contributed by atoms with van der Waals surface area (Å²) in [6.45, 7) is 6.41. The summed E-state index contributed by atoms with van der Waals surface area (Å²) in [5.74, 6) is 0. The van der Waals surface area contributed by atoms with Crippen molar-refractivity contribution < 1.29 is 0 Å². The van der Waals surface area contributed by atoms with Crippen LogP contribution in [0, 0.1) is 0 Å². The molecule has 3 nitrogen and oxygen atoms in total. The largest absolute Gasteiger partial charge is 0.294 e. The summed E-state index contributed by atoms with van der Waals surface area (Å²) in [7, 11) is 0. The average Bonchev–Trinajstić information content (AvgIpc) is 2.50. The van der Waals surface area contributed by atoms with E-state index < -0.39 is 0 Å². The predicted octanol–water partition coefficient (Wildman–Crippen LogP) is 3.16. The van der Waals surface area contributed by atoms with Crippen molar-refractivity contribution in [2.45, 2.75) is 38.8 Å². The van der Waals surface area contributed by atoms with Gasteiger partial charge in [0.05, 0.1) is 0 Å². The minimum atomic E-state index is 0.203. The maximum Gasteiger partial charge on any atom is 0.223 e. The van der Waals surface area contributed by atoms with Gasteiger partial charge >= 0.3 is 0 Å². The number of nitrogens with zero attached hydrogens (tertiary/aromatic N) is 3. The topological polar surface area (TPSA) is 29.0 Å². The molecule has 0 atom stereocenters. The highest BCUT2D eigenvalue weighted by molar-refractivity contribution is 6.32. The Balaban J connectivity index is 2.15. The van der Waals surface area contributed by atoms with Crippen LogP contribution < -0.4 is 0 Å². The van der Waals surface area contributed by atoms with Crippen LogP contribution >= 0.6 is 23.2 Å². The van der Waals surface area contributed by atoms with Gasteiger partial charge in [0, 0.05) is 23.8 Å². The van der Waals surface area contributed by atoms with Crippen molar-refractivity contribution in [3.05, 3.63) is 22.2 Å². The summed E-state index contributed by atoms with van der Waals surface area (Å²) in [5, 5.41) is 0.664. The summed E-state index contributed by atoms with van der Waals surface area (Å²) in [4.78, 5) is 10.3. The van der Waals surface area contributed by atoms with E-state index >= 15 is 0 Å². The van der Waals surface area contributed by atoms with Gasteiger partial charge < -0.3 is 0 Å². The quantitative estimate of drug-likeness (QED) is 0.604. The average molecular weight is 260 g/mol. The van der Waals surface area contributed by atoms with E-state index in [-0.39, 0.29) is 10.8 Å². The third-order valence-corrected chi connectivity index (χ3v) is 3.73. The molecule has 0 aliphatic carbocycles. The first-order valence-corrected chi connectivity index (χ1v) is 6.16. The summed E-state index contributed by atoms with van der Waals surface area (Å²) in [5.41, 5.74) is 1.18. The molecule has 1 saturated heterocycles. The molecule has 2 heterocycles. The van der Waals surface area contributed by atoms with Crippen molar-refractivity contribution >= 4 is 23.2 Å². The van der Waals surface area contributed by atoms with Crippen LogP contribution in [-0.2, 0) is 6.54 Å². The molecule has 88 valence electrons. The normalized spacial score (nSPS) is 20.2. The number of likely N-dealkylation sites (tertiary alicyclic amines) is 1. The molecule has 0 aromatic carbocycles. The SMILES string of the molecule is CC1(C)CCCN1Cc1cnc(Cl)nc1Cl. The van der Waals surface area contributed by atoms with E-state index in [0.717, 1.165) is 18.7 Å². The summed E-state index contributed by atoms with van der Waals surface area (Å²) >= 11 is 11.7. The number of hydrogen-bond acceptors (Lipinski definition) is 3. The predicted molar refractivity (Wildman–Crippen MR) is 65.8 cm³/mol. The van der Waals surface area contributed by atoms with Gasteiger partial charge in [-0.25, -0.2) is 9.97 Å². The molecule has 0 spiro atoms. The molecule has 0 unspecified atom stereocenters. The van der Waals surface area contributed by atoms with Crippen molar-refractivity contribution in [1.29, 1.82) is 0 Å². The first kappa shape index (κ1) is 12.1. The Kier molecular flexibility index (Phi) is 3.38.